The van der Waals surface area contributed by atoms with Crippen molar-refractivity contribution in [2.45, 2.75) is 25.4 Å². The molecule has 7 heteroatoms. The first-order valence-corrected chi connectivity index (χ1v) is 10.9. The number of amides is 2. The summed E-state index contributed by atoms with van der Waals surface area (Å²) >= 11 is 1.60. The average Bonchev–Trinajstić information content (AvgIpc) is 3.23. The van der Waals surface area contributed by atoms with Crippen LogP contribution in [-0.4, -0.2) is 37.5 Å². The minimum absolute atomic E-state index is 0.106. The molecule has 2 heterocycles. The Labute approximate surface area is 186 Å². The monoisotopic (exact) mass is 431 g/mol. The van der Waals surface area contributed by atoms with E-state index in [0.717, 1.165) is 38.8 Å². The van der Waals surface area contributed by atoms with E-state index in [1.54, 1.807) is 11.3 Å². The van der Waals surface area contributed by atoms with Crippen LogP contribution in [0, 0.1) is 0 Å². The van der Waals surface area contributed by atoms with Crippen LogP contribution in [0.3, 0.4) is 0 Å². The SMILES string of the molecule is C=NCc1ccc(-c2csc(C3C(C)=NC(=O)NC3c3ccc(N(C)C)cc3)n2)cc1. The number of carbonyl (C=O) groups excluding carboxylic acids is 1. The molecule has 1 aromatic heterocycles. The molecule has 0 saturated heterocycles. The highest BCUT2D eigenvalue weighted by Gasteiger charge is 2.34. The Bertz CT molecular complexity index is 1120. The summed E-state index contributed by atoms with van der Waals surface area (Å²) in [4.78, 5) is 27.3. The van der Waals surface area contributed by atoms with Crippen molar-refractivity contribution in [1.82, 2.24) is 10.3 Å². The van der Waals surface area contributed by atoms with Gasteiger partial charge in [0.2, 0.25) is 0 Å². The van der Waals surface area contributed by atoms with Gasteiger partial charge >= 0.3 is 6.03 Å². The van der Waals surface area contributed by atoms with Gasteiger partial charge in [0.25, 0.3) is 0 Å². The molecule has 2 aromatic carbocycles. The first-order valence-electron chi connectivity index (χ1n) is 10.1. The Morgan fingerprint density at radius 3 is 2.48 bits per heavy atom. The molecule has 158 valence electrons. The van der Waals surface area contributed by atoms with Crippen molar-refractivity contribution >= 4 is 35.5 Å². The number of hydrogen-bond acceptors (Lipinski definition) is 5. The van der Waals surface area contributed by atoms with Crippen molar-refractivity contribution in [3.05, 3.63) is 70.0 Å². The molecule has 4 rings (SSSR count). The van der Waals surface area contributed by atoms with E-state index in [-0.39, 0.29) is 18.0 Å². The van der Waals surface area contributed by atoms with Gasteiger partial charge in [0, 0.05) is 36.4 Å². The van der Waals surface area contributed by atoms with Crippen LogP contribution in [0.25, 0.3) is 11.3 Å². The van der Waals surface area contributed by atoms with E-state index in [9.17, 15) is 4.79 Å². The van der Waals surface area contributed by atoms with Gasteiger partial charge in [-0.05, 0) is 36.9 Å². The summed E-state index contributed by atoms with van der Waals surface area (Å²) in [5.74, 6) is -0.106. The van der Waals surface area contributed by atoms with E-state index >= 15 is 0 Å². The fraction of sp³-hybridized carbons (Fsp3) is 0.250. The summed E-state index contributed by atoms with van der Waals surface area (Å²) in [5, 5.41) is 6.04. The Balaban J connectivity index is 1.66. The number of aliphatic imine (C=N–C) groups is 2. The average molecular weight is 432 g/mol. The van der Waals surface area contributed by atoms with Gasteiger partial charge in [-0.3, -0.25) is 4.99 Å². The molecular weight excluding hydrogens is 406 g/mol. The van der Waals surface area contributed by atoms with Crippen molar-refractivity contribution in [2.75, 3.05) is 19.0 Å². The topological polar surface area (TPSA) is 70.0 Å². The lowest BCUT2D eigenvalue weighted by Gasteiger charge is -2.30. The standard InChI is InChI=1S/C24H25N5OS/c1-15-21(22(28-24(30)26-15)18-9-11-19(12-10-18)29(3)4)23-27-20(14-31-23)17-7-5-16(6-8-17)13-25-2/h5-12,14,21-22H,2,13H2,1,3-4H3,(H,28,30). The number of rotatable bonds is 6. The first-order chi connectivity index (χ1) is 15.0. The molecule has 31 heavy (non-hydrogen) atoms. The van der Waals surface area contributed by atoms with Gasteiger partial charge in [0.1, 0.15) is 5.01 Å². The summed E-state index contributed by atoms with van der Waals surface area (Å²) in [7, 11) is 4.02. The predicted molar refractivity (Wildman–Crippen MR) is 129 cm³/mol. The van der Waals surface area contributed by atoms with Gasteiger partial charge in [-0.2, -0.15) is 0 Å². The van der Waals surface area contributed by atoms with Crippen LogP contribution < -0.4 is 10.2 Å². The molecule has 0 aliphatic carbocycles. The number of nitrogens with one attached hydrogen (secondary N) is 1. The van der Waals surface area contributed by atoms with Gasteiger partial charge in [-0.25, -0.2) is 14.8 Å². The summed E-state index contributed by atoms with van der Waals surface area (Å²) < 4.78 is 0. The highest BCUT2D eigenvalue weighted by molar-refractivity contribution is 7.10. The minimum atomic E-state index is -0.307. The highest BCUT2D eigenvalue weighted by atomic mass is 32.1. The largest absolute Gasteiger partial charge is 0.378 e. The van der Waals surface area contributed by atoms with Crippen LogP contribution in [0.15, 0.2) is 63.9 Å². The molecule has 3 aromatic rings. The normalized spacial score (nSPS) is 18.3. The van der Waals surface area contributed by atoms with Crippen molar-refractivity contribution in [1.29, 1.82) is 0 Å². The number of nitrogens with zero attached hydrogens (tertiary/aromatic N) is 4. The van der Waals surface area contributed by atoms with Crippen LogP contribution in [-0.2, 0) is 6.54 Å². The zero-order valence-electron chi connectivity index (χ0n) is 17.9. The zero-order valence-corrected chi connectivity index (χ0v) is 18.7. The number of anilines is 1. The maximum Gasteiger partial charge on any atom is 0.341 e. The minimum Gasteiger partial charge on any atom is -0.378 e. The molecule has 0 bridgehead atoms. The summed E-state index contributed by atoms with van der Waals surface area (Å²) in [6.45, 7) is 6.06. The maximum atomic E-state index is 12.2. The quantitative estimate of drug-likeness (QED) is 0.553. The fourth-order valence-corrected chi connectivity index (χ4v) is 4.79. The van der Waals surface area contributed by atoms with Crippen molar-refractivity contribution in [3.63, 3.8) is 0 Å². The smallest absolute Gasteiger partial charge is 0.341 e. The molecule has 1 N–H and O–H groups in total. The van der Waals surface area contributed by atoms with Gasteiger partial charge in [-0.15, -0.1) is 11.3 Å². The predicted octanol–water partition coefficient (Wildman–Crippen LogP) is 5.09. The van der Waals surface area contributed by atoms with Crippen LogP contribution in [0.2, 0.25) is 0 Å². The Hall–Kier alpha value is -3.32. The second kappa shape index (κ2) is 8.81. The highest BCUT2D eigenvalue weighted by Crippen LogP contribution is 2.38. The van der Waals surface area contributed by atoms with Crippen molar-refractivity contribution < 1.29 is 4.79 Å². The summed E-state index contributed by atoms with van der Waals surface area (Å²) in [6, 6.07) is 15.9. The lowest BCUT2D eigenvalue weighted by molar-refractivity contribution is 0.243. The second-order valence-corrected chi connectivity index (χ2v) is 8.68. The van der Waals surface area contributed by atoms with Gasteiger partial charge in [0.15, 0.2) is 0 Å². The molecule has 0 fully saturated rings. The molecule has 6 nitrogen and oxygen atoms in total. The lowest BCUT2D eigenvalue weighted by atomic mass is 9.88. The number of aromatic nitrogens is 1. The number of benzene rings is 2. The number of urea groups is 1. The van der Waals surface area contributed by atoms with Crippen LogP contribution in [0.1, 0.15) is 35.0 Å². The molecule has 2 atom stereocenters. The van der Waals surface area contributed by atoms with Crippen molar-refractivity contribution in [2.24, 2.45) is 9.98 Å². The van der Waals surface area contributed by atoms with E-state index in [0.29, 0.717) is 6.54 Å². The molecule has 0 saturated carbocycles. The van der Waals surface area contributed by atoms with Gasteiger partial charge in [0.05, 0.1) is 24.2 Å². The molecule has 0 radical (unpaired) electrons. The Kier molecular flexibility index (Phi) is 5.95. The third kappa shape index (κ3) is 4.41. The number of thiazole rings is 1. The van der Waals surface area contributed by atoms with Gasteiger partial charge in [-0.1, -0.05) is 36.4 Å². The van der Waals surface area contributed by atoms with Crippen molar-refractivity contribution in [3.8, 4) is 11.3 Å². The van der Waals surface area contributed by atoms with E-state index in [1.165, 1.54) is 0 Å². The van der Waals surface area contributed by atoms with E-state index in [2.05, 4.69) is 68.7 Å². The second-order valence-electron chi connectivity index (χ2n) is 7.79. The van der Waals surface area contributed by atoms with E-state index < -0.39 is 0 Å². The Morgan fingerprint density at radius 2 is 1.84 bits per heavy atom. The first kappa shape index (κ1) is 20.9. The lowest BCUT2D eigenvalue weighted by Crippen LogP contribution is -2.38. The van der Waals surface area contributed by atoms with Gasteiger partial charge < -0.3 is 10.2 Å². The third-order valence-electron chi connectivity index (χ3n) is 5.44. The van der Waals surface area contributed by atoms with Crippen LogP contribution >= 0.6 is 11.3 Å². The third-order valence-corrected chi connectivity index (χ3v) is 6.37. The van der Waals surface area contributed by atoms with Crippen LogP contribution in [0.5, 0.6) is 0 Å². The molecule has 0 spiro atoms. The van der Waals surface area contributed by atoms with E-state index in [4.69, 9.17) is 4.98 Å². The molecule has 2 amide bonds. The number of carbonyl (C=O) groups is 1. The number of hydrogen-bond donors (Lipinski definition) is 1. The zero-order chi connectivity index (χ0) is 22.0. The Morgan fingerprint density at radius 1 is 1.13 bits per heavy atom. The molecule has 1 aliphatic rings. The fourth-order valence-electron chi connectivity index (χ4n) is 3.77. The summed E-state index contributed by atoms with van der Waals surface area (Å²) in [5.41, 5.74) is 6.02. The van der Waals surface area contributed by atoms with E-state index in [1.807, 2.05) is 33.2 Å². The molecule has 2 unspecified atom stereocenters. The maximum absolute atomic E-state index is 12.2. The van der Waals surface area contributed by atoms with Crippen LogP contribution in [0.4, 0.5) is 10.5 Å². The molecule has 1 aliphatic heterocycles. The summed E-state index contributed by atoms with van der Waals surface area (Å²) in [6.07, 6.45) is 0. The molecular formula is C24H25N5OS.